The predicted octanol–water partition coefficient (Wildman–Crippen LogP) is 0.742. The van der Waals surface area contributed by atoms with Crippen LogP contribution in [0.2, 0.25) is 0 Å². The molecule has 1 atom stereocenters. The normalized spacial score (nSPS) is 22.5. The van der Waals surface area contributed by atoms with Gasteiger partial charge in [-0.15, -0.1) is 0 Å². The third-order valence-corrected chi connectivity index (χ3v) is 5.32. The number of rotatable bonds is 5. The van der Waals surface area contributed by atoms with Gasteiger partial charge >= 0.3 is 0 Å². The first-order valence-electron chi connectivity index (χ1n) is 6.72. The van der Waals surface area contributed by atoms with Gasteiger partial charge in [0.2, 0.25) is 10.0 Å². The number of sulfonamides is 1. The summed E-state index contributed by atoms with van der Waals surface area (Å²) in [4.78, 5) is 0.228. The van der Waals surface area contributed by atoms with Crippen LogP contribution in [0.3, 0.4) is 0 Å². The van der Waals surface area contributed by atoms with Gasteiger partial charge in [-0.05, 0) is 37.1 Å². The van der Waals surface area contributed by atoms with E-state index in [2.05, 4.69) is 4.72 Å². The summed E-state index contributed by atoms with van der Waals surface area (Å²) in [6.45, 7) is 3.98. The smallest absolute Gasteiger partial charge is 0.241 e. The van der Waals surface area contributed by atoms with Crippen LogP contribution in [0, 0.1) is 13.8 Å². The van der Waals surface area contributed by atoms with Crippen molar-refractivity contribution in [3.63, 3.8) is 0 Å². The van der Waals surface area contributed by atoms with E-state index in [-0.39, 0.29) is 18.0 Å². The zero-order chi connectivity index (χ0) is 15.7. The highest BCUT2D eigenvalue weighted by molar-refractivity contribution is 7.89. The molecule has 21 heavy (non-hydrogen) atoms. The average molecular weight is 315 g/mol. The average Bonchev–Trinajstić information content (AvgIpc) is 2.83. The van der Waals surface area contributed by atoms with E-state index in [1.54, 1.807) is 26.0 Å². The van der Waals surface area contributed by atoms with Crippen molar-refractivity contribution in [2.24, 2.45) is 0 Å². The molecule has 0 saturated carbocycles. The quantitative estimate of drug-likeness (QED) is 0.837. The Kier molecular flexibility index (Phi) is 4.57. The fourth-order valence-electron chi connectivity index (χ4n) is 2.49. The fraction of sp³-hybridized carbons (Fsp3) is 0.571. The minimum Gasteiger partial charge on any atom is -0.497 e. The number of hydrogen-bond donors (Lipinski definition) is 2. The molecule has 0 bridgehead atoms. The van der Waals surface area contributed by atoms with Gasteiger partial charge in [-0.1, -0.05) is 0 Å². The van der Waals surface area contributed by atoms with E-state index in [9.17, 15) is 13.5 Å². The number of ether oxygens (including phenoxy) is 2. The largest absolute Gasteiger partial charge is 0.497 e. The zero-order valence-corrected chi connectivity index (χ0v) is 13.3. The molecule has 0 aromatic heterocycles. The van der Waals surface area contributed by atoms with Gasteiger partial charge in [0.1, 0.15) is 11.4 Å². The Morgan fingerprint density at radius 1 is 1.38 bits per heavy atom. The van der Waals surface area contributed by atoms with Crippen molar-refractivity contribution < 1.29 is 23.0 Å². The highest BCUT2D eigenvalue weighted by atomic mass is 32.2. The third-order valence-electron chi connectivity index (χ3n) is 3.61. The maximum Gasteiger partial charge on any atom is 0.241 e. The zero-order valence-electron chi connectivity index (χ0n) is 12.5. The van der Waals surface area contributed by atoms with E-state index in [1.165, 1.54) is 7.11 Å². The number of methoxy groups -OCH3 is 1. The molecule has 1 aromatic carbocycles. The van der Waals surface area contributed by atoms with Crippen molar-refractivity contribution in [3.05, 3.63) is 23.3 Å². The number of benzene rings is 1. The molecule has 0 spiro atoms. The summed E-state index contributed by atoms with van der Waals surface area (Å²) in [6, 6.07) is 3.35. The van der Waals surface area contributed by atoms with Crippen molar-refractivity contribution in [1.82, 2.24) is 4.72 Å². The number of aliphatic hydroxyl groups is 1. The van der Waals surface area contributed by atoms with Crippen LogP contribution in [0.1, 0.15) is 17.5 Å². The lowest BCUT2D eigenvalue weighted by molar-refractivity contribution is 0.0314. The Morgan fingerprint density at radius 2 is 2.00 bits per heavy atom. The maximum atomic E-state index is 12.5. The molecule has 0 aliphatic carbocycles. The van der Waals surface area contributed by atoms with E-state index in [0.717, 1.165) is 0 Å². The van der Waals surface area contributed by atoms with Gasteiger partial charge in [0.15, 0.2) is 0 Å². The number of nitrogens with one attached hydrogen (secondary N) is 1. The molecule has 2 rings (SSSR count). The molecule has 1 aromatic rings. The molecule has 1 saturated heterocycles. The van der Waals surface area contributed by atoms with Crippen LogP contribution in [0.4, 0.5) is 0 Å². The second kappa shape index (κ2) is 5.92. The monoisotopic (exact) mass is 315 g/mol. The summed E-state index contributed by atoms with van der Waals surface area (Å²) in [5, 5.41) is 10.2. The predicted molar refractivity (Wildman–Crippen MR) is 78.0 cm³/mol. The summed E-state index contributed by atoms with van der Waals surface area (Å²) < 4.78 is 37.7. The Labute approximate surface area is 125 Å². The Balaban J connectivity index is 2.23. The molecule has 7 heteroatoms. The van der Waals surface area contributed by atoms with Crippen molar-refractivity contribution in [3.8, 4) is 5.75 Å². The van der Waals surface area contributed by atoms with Crippen molar-refractivity contribution >= 4 is 10.0 Å². The molecule has 1 aliphatic rings. The molecule has 0 radical (unpaired) electrons. The molecule has 6 nitrogen and oxygen atoms in total. The second-order valence-corrected chi connectivity index (χ2v) is 7.15. The van der Waals surface area contributed by atoms with Crippen LogP contribution in [0.5, 0.6) is 5.75 Å². The fourth-order valence-corrected chi connectivity index (χ4v) is 4.06. The Bertz CT molecular complexity index is 597. The number of aryl methyl sites for hydroxylation is 2. The van der Waals surface area contributed by atoms with Gasteiger partial charge in [0, 0.05) is 19.6 Å². The first kappa shape index (κ1) is 16.2. The summed E-state index contributed by atoms with van der Waals surface area (Å²) in [5.74, 6) is 0.617. The minimum atomic E-state index is -3.69. The highest BCUT2D eigenvalue weighted by Gasteiger charge is 2.34. The van der Waals surface area contributed by atoms with Gasteiger partial charge < -0.3 is 14.6 Å². The van der Waals surface area contributed by atoms with E-state index >= 15 is 0 Å². The molecule has 1 unspecified atom stereocenters. The topological polar surface area (TPSA) is 84.9 Å². The molecule has 1 aliphatic heterocycles. The first-order valence-corrected chi connectivity index (χ1v) is 8.21. The molecular formula is C14H21NO5S. The molecular weight excluding hydrogens is 294 g/mol. The lowest BCUT2D eigenvalue weighted by atomic mass is 10.1. The lowest BCUT2D eigenvalue weighted by Gasteiger charge is -2.21. The van der Waals surface area contributed by atoms with E-state index < -0.39 is 15.6 Å². The van der Waals surface area contributed by atoms with Crippen LogP contribution < -0.4 is 9.46 Å². The third kappa shape index (κ3) is 3.55. The maximum absolute atomic E-state index is 12.5. The lowest BCUT2D eigenvalue weighted by Crippen LogP contribution is -2.43. The SMILES string of the molecule is COc1cc(C)c(S(=O)(=O)NCC2(O)CCOC2)c(C)c1. The Hall–Kier alpha value is -1.15. The number of hydrogen-bond acceptors (Lipinski definition) is 5. The van der Waals surface area contributed by atoms with Crippen LogP contribution in [-0.2, 0) is 14.8 Å². The molecule has 1 fully saturated rings. The summed E-state index contributed by atoms with van der Waals surface area (Å²) in [6.07, 6.45) is 0.427. The van der Waals surface area contributed by atoms with Gasteiger partial charge in [0.25, 0.3) is 0 Å². The van der Waals surface area contributed by atoms with E-state index in [0.29, 0.717) is 29.9 Å². The van der Waals surface area contributed by atoms with Crippen molar-refractivity contribution in [2.75, 3.05) is 26.9 Å². The van der Waals surface area contributed by atoms with Crippen molar-refractivity contribution in [1.29, 1.82) is 0 Å². The molecule has 0 amide bonds. The highest BCUT2D eigenvalue weighted by Crippen LogP contribution is 2.26. The van der Waals surface area contributed by atoms with Crippen LogP contribution in [0.25, 0.3) is 0 Å². The van der Waals surface area contributed by atoms with Crippen LogP contribution in [0.15, 0.2) is 17.0 Å². The standard InChI is InChI=1S/C14H21NO5S/c1-10-6-12(19-3)7-11(2)13(10)21(17,18)15-8-14(16)4-5-20-9-14/h6-7,15-16H,4-5,8-9H2,1-3H3. The van der Waals surface area contributed by atoms with Gasteiger partial charge in [-0.2, -0.15) is 0 Å². The first-order chi connectivity index (χ1) is 9.77. The van der Waals surface area contributed by atoms with E-state index in [1.807, 2.05) is 0 Å². The minimum absolute atomic E-state index is 0.0553. The summed E-state index contributed by atoms with van der Waals surface area (Å²) in [5.41, 5.74) is 0.0875. The van der Waals surface area contributed by atoms with Crippen molar-refractivity contribution in [2.45, 2.75) is 30.8 Å². The van der Waals surface area contributed by atoms with Gasteiger partial charge in [0.05, 0.1) is 18.6 Å². The van der Waals surface area contributed by atoms with Gasteiger partial charge in [-0.3, -0.25) is 0 Å². The molecule has 1 heterocycles. The van der Waals surface area contributed by atoms with Crippen LogP contribution in [-0.4, -0.2) is 46.0 Å². The van der Waals surface area contributed by atoms with Gasteiger partial charge in [-0.25, -0.2) is 13.1 Å². The summed E-state index contributed by atoms with van der Waals surface area (Å²) in [7, 11) is -2.16. The van der Waals surface area contributed by atoms with Crippen LogP contribution >= 0.6 is 0 Å². The summed E-state index contributed by atoms with van der Waals surface area (Å²) >= 11 is 0. The van der Waals surface area contributed by atoms with E-state index in [4.69, 9.17) is 9.47 Å². The molecule has 118 valence electrons. The Morgan fingerprint density at radius 3 is 2.48 bits per heavy atom. The second-order valence-electron chi connectivity index (χ2n) is 5.44. The molecule has 2 N–H and O–H groups in total.